The summed E-state index contributed by atoms with van der Waals surface area (Å²) in [6, 6.07) is 15.6. The Morgan fingerprint density at radius 3 is 2.38 bits per heavy atom. The SMILES string of the molecule is COc1ccccc1CN1CCC(Nc2cc(C)cc(C)c2)CC1. The first-order valence-corrected chi connectivity index (χ1v) is 8.83. The van der Waals surface area contributed by atoms with Gasteiger partial charge in [0.05, 0.1) is 7.11 Å². The van der Waals surface area contributed by atoms with E-state index in [4.69, 9.17) is 4.74 Å². The van der Waals surface area contributed by atoms with Crippen molar-refractivity contribution in [3.05, 3.63) is 59.2 Å². The first-order valence-electron chi connectivity index (χ1n) is 8.83. The van der Waals surface area contributed by atoms with E-state index in [9.17, 15) is 0 Å². The first kappa shape index (κ1) is 16.8. The second-order valence-corrected chi connectivity index (χ2v) is 6.88. The molecule has 0 amide bonds. The van der Waals surface area contributed by atoms with E-state index in [0.29, 0.717) is 6.04 Å². The summed E-state index contributed by atoms with van der Waals surface area (Å²) >= 11 is 0. The summed E-state index contributed by atoms with van der Waals surface area (Å²) in [5.41, 5.74) is 5.19. The molecule has 1 N–H and O–H groups in total. The van der Waals surface area contributed by atoms with Gasteiger partial charge >= 0.3 is 0 Å². The van der Waals surface area contributed by atoms with Crippen molar-refractivity contribution in [1.82, 2.24) is 4.90 Å². The Morgan fingerprint density at radius 1 is 1.04 bits per heavy atom. The monoisotopic (exact) mass is 324 g/mol. The molecule has 24 heavy (non-hydrogen) atoms. The number of hydrogen-bond donors (Lipinski definition) is 1. The summed E-state index contributed by atoms with van der Waals surface area (Å²) in [6.07, 6.45) is 2.37. The maximum Gasteiger partial charge on any atom is 0.123 e. The average Bonchev–Trinajstić information content (AvgIpc) is 2.56. The van der Waals surface area contributed by atoms with E-state index in [0.717, 1.165) is 25.4 Å². The fourth-order valence-corrected chi connectivity index (χ4v) is 3.60. The van der Waals surface area contributed by atoms with Gasteiger partial charge in [0.2, 0.25) is 0 Å². The number of methoxy groups -OCH3 is 1. The van der Waals surface area contributed by atoms with Gasteiger partial charge in [0.15, 0.2) is 0 Å². The fraction of sp³-hybridized carbons (Fsp3) is 0.429. The quantitative estimate of drug-likeness (QED) is 0.883. The van der Waals surface area contributed by atoms with Gasteiger partial charge in [0, 0.05) is 36.9 Å². The van der Waals surface area contributed by atoms with Crippen molar-refractivity contribution in [2.75, 3.05) is 25.5 Å². The van der Waals surface area contributed by atoms with Crippen LogP contribution >= 0.6 is 0 Å². The maximum absolute atomic E-state index is 5.47. The molecule has 3 nitrogen and oxygen atoms in total. The number of rotatable bonds is 5. The van der Waals surface area contributed by atoms with Crippen LogP contribution in [0.1, 0.15) is 29.5 Å². The van der Waals surface area contributed by atoms with Crippen LogP contribution in [-0.2, 0) is 6.54 Å². The summed E-state index contributed by atoms with van der Waals surface area (Å²) in [4.78, 5) is 2.53. The summed E-state index contributed by atoms with van der Waals surface area (Å²) in [5.74, 6) is 0.994. The molecular weight excluding hydrogens is 296 g/mol. The number of para-hydroxylation sites is 1. The molecule has 1 fully saturated rings. The van der Waals surface area contributed by atoms with E-state index in [1.54, 1.807) is 7.11 Å². The van der Waals surface area contributed by atoms with Crippen molar-refractivity contribution < 1.29 is 4.74 Å². The topological polar surface area (TPSA) is 24.5 Å². The second-order valence-electron chi connectivity index (χ2n) is 6.88. The number of benzene rings is 2. The van der Waals surface area contributed by atoms with Crippen molar-refractivity contribution in [1.29, 1.82) is 0 Å². The van der Waals surface area contributed by atoms with Gasteiger partial charge in [-0.05, 0) is 56.0 Å². The number of anilines is 1. The highest BCUT2D eigenvalue weighted by Gasteiger charge is 2.20. The molecule has 0 aliphatic carbocycles. The molecule has 0 radical (unpaired) electrons. The molecule has 2 aromatic rings. The van der Waals surface area contributed by atoms with E-state index < -0.39 is 0 Å². The number of aryl methyl sites for hydroxylation is 2. The molecular formula is C21H28N2O. The van der Waals surface area contributed by atoms with Gasteiger partial charge in [-0.25, -0.2) is 0 Å². The summed E-state index contributed by atoms with van der Waals surface area (Å²) < 4.78 is 5.47. The standard InChI is InChI=1S/C21H28N2O/c1-16-12-17(2)14-20(13-16)22-19-8-10-23(11-9-19)15-18-6-4-5-7-21(18)24-3/h4-7,12-14,19,22H,8-11,15H2,1-3H3. The Bertz CT molecular complexity index is 655. The number of hydrogen-bond acceptors (Lipinski definition) is 3. The lowest BCUT2D eigenvalue weighted by molar-refractivity contribution is 0.209. The highest BCUT2D eigenvalue weighted by atomic mass is 16.5. The molecule has 0 atom stereocenters. The van der Waals surface area contributed by atoms with Gasteiger partial charge in [-0.3, -0.25) is 4.90 Å². The van der Waals surface area contributed by atoms with Crippen molar-refractivity contribution in [2.45, 2.75) is 39.3 Å². The Hall–Kier alpha value is -2.00. The largest absolute Gasteiger partial charge is 0.496 e. The van der Waals surface area contributed by atoms with Gasteiger partial charge < -0.3 is 10.1 Å². The average molecular weight is 324 g/mol. The normalized spacial score (nSPS) is 16.1. The van der Waals surface area contributed by atoms with Crippen LogP contribution in [0.2, 0.25) is 0 Å². The third kappa shape index (κ3) is 4.30. The maximum atomic E-state index is 5.47. The highest BCUT2D eigenvalue weighted by Crippen LogP contribution is 2.23. The molecule has 1 aliphatic heterocycles. The molecule has 0 spiro atoms. The van der Waals surface area contributed by atoms with Crippen LogP contribution in [-0.4, -0.2) is 31.1 Å². The number of likely N-dealkylation sites (tertiary alicyclic amines) is 1. The van der Waals surface area contributed by atoms with Crippen LogP contribution in [0, 0.1) is 13.8 Å². The van der Waals surface area contributed by atoms with E-state index in [1.165, 1.54) is 35.2 Å². The Labute approximate surface area is 145 Å². The first-order chi connectivity index (χ1) is 11.6. The minimum Gasteiger partial charge on any atom is -0.496 e. The van der Waals surface area contributed by atoms with E-state index in [-0.39, 0.29) is 0 Å². The van der Waals surface area contributed by atoms with E-state index >= 15 is 0 Å². The van der Waals surface area contributed by atoms with Crippen LogP contribution in [0.15, 0.2) is 42.5 Å². The molecule has 1 saturated heterocycles. The summed E-state index contributed by atoms with van der Waals surface area (Å²) in [5, 5.41) is 3.72. The van der Waals surface area contributed by atoms with E-state index in [2.05, 4.69) is 54.4 Å². The number of nitrogens with one attached hydrogen (secondary N) is 1. The van der Waals surface area contributed by atoms with E-state index in [1.807, 2.05) is 12.1 Å². The lowest BCUT2D eigenvalue weighted by Crippen LogP contribution is -2.38. The molecule has 3 heteroatoms. The van der Waals surface area contributed by atoms with Crippen LogP contribution in [0.4, 0.5) is 5.69 Å². The predicted octanol–water partition coefficient (Wildman–Crippen LogP) is 4.39. The minimum atomic E-state index is 0.570. The fourth-order valence-electron chi connectivity index (χ4n) is 3.60. The zero-order valence-electron chi connectivity index (χ0n) is 15.0. The predicted molar refractivity (Wildman–Crippen MR) is 101 cm³/mol. The lowest BCUT2D eigenvalue weighted by Gasteiger charge is -2.33. The molecule has 128 valence electrons. The van der Waals surface area contributed by atoms with Gasteiger partial charge in [-0.2, -0.15) is 0 Å². The number of piperidine rings is 1. The molecule has 0 unspecified atom stereocenters. The zero-order valence-corrected chi connectivity index (χ0v) is 15.0. The van der Waals surface area contributed by atoms with Gasteiger partial charge in [0.1, 0.15) is 5.75 Å². The number of ether oxygens (including phenoxy) is 1. The Morgan fingerprint density at radius 2 is 1.71 bits per heavy atom. The molecule has 1 heterocycles. The van der Waals surface area contributed by atoms with Gasteiger partial charge in [0.25, 0.3) is 0 Å². The zero-order chi connectivity index (χ0) is 16.9. The van der Waals surface area contributed by atoms with Crippen LogP contribution in [0.5, 0.6) is 5.75 Å². The Kier molecular flexibility index (Phi) is 5.41. The van der Waals surface area contributed by atoms with Crippen molar-refractivity contribution in [3.8, 4) is 5.75 Å². The molecule has 0 bridgehead atoms. The van der Waals surface area contributed by atoms with Gasteiger partial charge in [-0.1, -0.05) is 24.3 Å². The van der Waals surface area contributed by atoms with Crippen molar-refractivity contribution in [3.63, 3.8) is 0 Å². The van der Waals surface area contributed by atoms with Crippen LogP contribution < -0.4 is 10.1 Å². The van der Waals surface area contributed by atoms with Crippen molar-refractivity contribution in [2.24, 2.45) is 0 Å². The molecule has 1 aliphatic rings. The molecule has 3 rings (SSSR count). The summed E-state index contributed by atoms with van der Waals surface area (Å²) in [7, 11) is 1.75. The number of nitrogens with zero attached hydrogens (tertiary/aromatic N) is 1. The molecule has 0 aromatic heterocycles. The van der Waals surface area contributed by atoms with Crippen LogP contribution in [0.25, 0.3) is 0 Å². The smallest absolute Gasteiger partial charge is 0.123 e. The molecule has 2 aromatic carbocycles. The summed E-state index contributed by atoms with van der Waals surface area (Å²) in [6.45, 7) is 7.55. The van der Waals surface area contributed by atoms with Gasteiger partial charge in [-0.15, -0.1) is 0 Å². The highest BCUT2D eigenvalue weighted by molar-refractivity contribution is 5.49. The minimum absolute atomic E-state index is 0.570. The Balaban J connectivity index is 1.54. The second kappa shape index (κ2) is 7.71. The molecule has 0 saturated carbocycles. The van der Waals surface area contributed by atoms with Crippen molar-refractivity contribution >= 4 is 5.69 Å². The van der Waals surface area contributed by atoms with Crippen LogP contribution in [0.3, 0.4) is 0 Å². The third-order valence-corrected chi connectivity index (χ3v) is 4.77. The third-order valence-electron chi connectivity index (χ3n) is 4.77. The lowest BCUT2D eigenvalue weighted by atomic mass is 10.0.